The number of hydrogen-bond donors (Lipinski definition) is 0. The Morgan fingerprint density at radius 2 is 1.29 bits per heavy atom. The molecule has 0 saturated heterocycles. The Labute approximate surface area is 176 Å². The van der Waals surface area contributed by atoms with Crippen LogP contribution in [-0.2, 0) is 0 Å². The van der Waals surface area contributed by atoms with Crippen LogP contribution in [0.4, 0.5) is 17.6 Å². The van der Waals surface area contributed by atoms with Gasteiger partial charge in [-0.15, -0.1) is 0 Å². The highest BCUT2D eigenvalue weighted by Gasteiger charge is 2.11. The summed E-state index contributed by atoms with van der Waals surface area (Å²) in [6.07, 6.45) is 0. The average Bonchev–Trinajstić information content (AvgIpc) is 2.75. The fraction of sp³-hybridized carbons (Fsp3) is 0.0769. The van der Waals surface area contributed by atoms with Gasteiger partial charge in [0.05, 0.1) is 12.2 Å². The van der Waals surface area contributed by atoms with Crippen molar-refractivity contribution in [1.82, 2.24) is 0 Å². The van der Waals surface area contributed by atoms with Gasteiger partial charge in [-0.05, 0) is 77.4 Å². The highest BCUT2D eigenvalue weighted by molar-refractivity contribution is 5.84. The second kappa shape index (κ2) is 8.53. The highest BCUT2D eigenvalue weighted by atomic mass is 19.2. The Balaban J connectivity index is 1.65. The van der Waals surface area contributed by atoms with Crippen LogP contribution in [-0.4, -0.2) is 6.61 Å². The predicted octanol–water partition coefficient (Wildman–Crippen LogP) is 6.86. The molecule has 154 valence electrons. The van der Waals surface area contributed by atoms with Crippen LogP contribution in [0.2, 0.25) is 0 Å². The molecule has 0 amide bonds. The summed E-state index contributed by atoms with van der Waals surface area (Å²) < 4.78 is 61.3. The van der Waals surface area contributed by atoms with E-state index in [1.165, 1.54) is 18.2 Å². The Morgan fingerprint density at radius 3 is 1.94 bits per heavy atom. The van der Waals surface area contributed by atoms with Gasteiger partial charge in [-0.2, -0.15) is 0 Å². The summed E-state index contributed by atoms with van der Waals surface area (Å²) >= 11 is 0. The molecule has 0 aromatic heterocycles. The maximum Gasteiger partial charge on any atom is 0.159 e. The normalized spacial score (nSPS) is 10.6. The highest BCUT2D eigenvalue weighted by Crippen LogP contribution is 2.26. The van der Waals surface area contributed by atoms with Gasteiger partial charge in [0.2, 0.25) is 0 Å². The smallest absolute Gasteiger partial charge is 0.159 e. The quantitative estimate of drug-likeness (QED) is 0.260. The Hall–Kier alpha value is -3.78. The van der Waals surface area contributed by atoms with E-state index in [-0.39, 0.29) is 5.56 Å². The lowest BCUT2D eigenvalue weighted by Gasteiger charge is -2.07. The van der Waals surface area contributed by atoms with Crippen LogP contribution in [0.15, 0.2) is 66.7 Å². The van der Waals surface area contributed by atoms with Gasteiger partial charge in [0.15, 0.2) is 11.6 Å². The second-order valence-electron chi connectivity index (χ2n) is 6.85. The number of fused-ring (bicyclic) bond motifs is 1. The summed E-state index contributed by atoms with van der Waals surface area (Å²) in [4.78, 5) is 0. The fourth-order valence-electron chi connectivity index (χ4n) is 3.22. The molecule has 0 N–H and O–H groups in total. The van der Waals surface area contributed by atoms with Crippen molar-refractivity contribution in [3.05, 3.63) is 101 Å². The first-order chi connectivity index (χ1) is 14.9. The SMILES string of the molecule is CCOc1ccc(-c2cc(F)c(C#Cc3ccc4cc(F)c(F)cc4c3)c(F)c2)cc1. The molecule has 0 aliphatic heterocycles. The van der Waals surface area contributed by atoms with Gasteiger partial charge < -0.3 is 4.74 Å². The summed E-state index contributed by atoms with van der Waals surface area (Å²) in [6, 6.07) is 16.2. The van der Waals surface area contributed by atoms with Crippen LogP contribution in [0.3, 0.4) is 0 Å². The zero-order valence-electron chi connectivity index (χ0n) is 16.5. The molecule has 0 radical (unpaired) electrons. The Bertz CT molecular complexity index is 1310. The maximum absolute atomic E-state index is 14.6. The van der Waals surface area contributed by atoms with Crippen molar-refractivity contribution in [2.75, 3.05) is 6.61 Å². The first kappa shape index (κ1) is 20.5. The third-order valence-corrected chi connectivity index (χ3v) is 4.75. The zero-order chi connectivity index (χ0) is 22.0. The third kappa shape index (κ3) is 4.39. The average molecular weight is 420 g/mol. The number of rotatable bonds is 3. The van der Waals surface area contributed by atoms with Gasteiger partial charge in [0.1, 0.15) is 17.4 Å². The largest absolute Gasteiger partial charge is 0.494 e. The number of ether oxygens (including phenoxy) is 1. The van der Waals surface area contributed by atoms with Crippen molar-refractivity contribution in [3.63, 3.8) is 0 Å². The Morgan fingerprint density at radius 1 is 0.645 bits per heavy atom. The summed E-state index contributed by atoms with van der Waals surface area (Å²) in [5.41, 5.74) is 1.09. The van der Waals surface area contributed by atoms with E-state index < -0.39 is 23.3 Å². The van der Waals surface area contributed by atoms with E-state index in [9.17, 15) is 17.6 Å². The van der Waals surface area contributed by atoms with Crippen molar-refractivity contribution in [3.8, 4) is 28.7 Å². The predicted molar refractivity (Wildman–Crippen MR) is 113 cm³/mol. The molecule has 0 unspecified atom stereocenters. The maximum atomic E-state index is 14.6. The summed E-state index contributed by atoms with van der Waals surface area (Å²) in [7, 11) is 0. The van der Waals surface area contributed by atoms with Crippen molar-refractivity contribution in [2.45, 2.75) is 6.92 Å². The molecule has 0 aliphatic rings. The van der Waals surface area contributed by atoms with E-state index in [1.54, 1.807) is 36.4 Å². The number of hydrogen-bond acceptors (Lipinski definition) is 1. The molecule has 4 aromatic carbocycles. The minimum Gasteiger partial charge on any atom is -0.494 e. The summed E-state index contributed by atoms with van der Waals surface area (Å²) in [6.45, 7) is 2.40. The van der Waals surface area contributed by atoms with Gasteiger partial charge in [0, 0.05) is 5.56 Å². The lowest BCUT2D eigenvalue weighted by Crippen LogP contribution is -1.93. The summed E-state index contributed by atoms with van der Waals surface area (Å²) in [5, 5.41) is 0.944. The molecule has 5 heteroatoms. The molecular weight excluding hydrogens is 404 g/mol. The topological polar surface area (TPSA) is 9.23 Å². The van der Waals surface area contributed by atoms with Gasteiger partial charge in [-0.25, -0.2) is 17.6 Å². The van der Waals surface area contributed by atoms with Crippen LogP contribution < -0.4 is 4.74 Å². The first-order valence-electron chi connectivity index (χ1n) is 9.57. The van der Waals surface area contributed by atoms with E-state index in [1.807, 2.05) is 6.92 Å². The van der Waals surface area contributed by atoms with E-state index in [0.717, 1.165) is 12.1 Å². The van der Waals surface area contributed by atoms with Crippen molar-refractivity contribution in [2.24, 2.45) is 0 Å². The van der Waals surface area contributed by atoms with Gasteiger partial charge in [-0.1, -0.05) is 30.0 Å². The van der Waals surface area contributed by atoms with E-state index >= 15 is 0 Å². The van der Waals surface area contributed by atoms with Gasteiger partial charge in [-0.3, -0.25) is 0 Å². The van der Waals surface area contributed by atoms with E-state index in [0.29, 0.717) is 39.8 Å². The molecule has 0 atom stereocenters. The second-order valence-corrected chi connectivity index (χ2v) is 6.85. The molecule has 0 spiro atoms. The molecular formula is C26H16F4O. The molecule has 0 bridgehead atoms. The molecule has 0 fully saturated rings. The molecule has 1 nitrogen and oxygen atoms in total. The fourth-order valence-corrected chi connectivity index (χ4v) is 3.22. The zero-order valence-corrected chi connectivity index (χ0v) is 16.5. The minimum atomic E-state index is -0.973. The van der Waals surface area contributed by atoms with Gasteiger partial charge in [0.25, 0.3) is 0 Å². The first-order valence-corrected chi connectivity index (χ1v) is 9.57. The van der Waals surface area contributed by atoms with Crippen LogP contribution >= 0.6 is 0 Å². The van der Waals surface area contributed by atoms with E-state index in [4.69, 9.17) is 4.74 Å². The lowest BCUT2D eigenvalue weighted by molar-refractivity contribution is 0.340. The summed E-state index contributed by atoms with van der Waals surface area (Å²) in [5.74, 6) is 2.38. The Kier molecular flexibility index (Phi) is 5.64. The molecule has 0 aliphatic carbocycles. The molecule has 4 aromatic rings. The monoisotopic (exact) mass is 420 g/mol. The standard InChI is InChI=1S/C26H16F4O/c1-2-31-21-8-6-17(7-9-21)20-13-23(27)22(24(28)14-20)10-4-16-3-5-18-12-25(29)26(30)15-19(18)11-16/h3,5-9,11-15H,2H2,1H3. The van der Waals surface area contributed by atoms with E-state index in [2.05, 4.69) is 11.8 Å². The van der Waals surface area contributed by atoms with Gasteiger partial charge >= 0.3 is 0 Å². The molecule has 4 rings (SSSR count). The van der Waals surface area contributed by atoms with Crippen LogP contribution in [0.25, 0.3) is 21.9 Å². The van der Waals surface area contributed by atoms with Crippen molar-refractivity contribution >= 4 is 10.8 Å². The van der Waals surface area contributed by atoms with Crippen molar-refractivity contribution in [1.29, 1.82) is 0 Å². The number of halogens is 4. The molecule has 31 heavy (non-hydrogen) atoms. The number of benzene rings is 4. The third-order valence-electron chi connectivity index (χ3n) is 4.75. The van der Waals surface area contributed by atoms with Crippen molar-refractivity contribution < 1.29 is 22.3 Å². The van der Waals surface area contributed by atoms with Crippen LogP contribution in [0.1, 0.15) is 18.1 Å². The minimum absolute atomic E-state index is 0.361. The lowest BCUT2D eigenvalue weighted by atomic mass is 10.0. The molecule has 0 saturated carbocycles. The van der Waals surface area contributed by atoms with Crippen LogP contribution in [0.5, 0.6) is 5.75 Å². The molecule has 0 heterocycles. The van der Waals surface area contributed by atoms with Crippen LogP contribution in [0, 0.1) is 35.1 Å².